The highest BCUT2D eigenvalue weighted by Gasteiger charge is 2.19. The number of unbranched alkanes of at least 4 members (excludes halogenated alkanes) is 41. The molecule has 0 aliphatic carbocycles. The highest BCUT2D eigenvalue weighted by atomic mass is 16.6. The van der Waals surface area contributed by atoms with Gasteiger partial charge < -0.3 is 14.2 Å². The molecule has 0 saturated carbocycles. The summed E-state index contributed by atoms with van der Waals surface area (Å²) in [7, 11) is 0. The summed E-state index contributed by atoms with van der Waals surface area (Å²) in [5, 5.41) is 0. The van der Waals surface area contributed by atoms with E-state index in [9.17, 15) is 14.4 Å². The van der Waals surface area contributed by atoms with Crippen molar-refractivity contribution in [2.45, 2.75) is 361 Å². The maximum Gasteiger partial charge on any atom is 0.306 e. The van der Waals surface area contributed by atoms with Gasteiger partial charge >= 0.3 is 17.9 Å². The molecular weight excluding hydrogens is 949 g/mol. The summed E-state index contributed by atoms with van der Waals surface area (Å²) in [4.78, 5) is 38.3. The molecule has 6 nitrogen and oxygen atoms in total. The standard InChI is InChI=1S/C71H128O6/c1-4-7-10-13-16-19-22-25-28-30-31-32-33-34-35-36-37-38-39-40-41-42-44-46-49-52-55-58-61-64-70(73)76-67-68(66-75-69(72)63-60-57-54-51-48-45-27-24-21-18-15-12-9-6-3)77-71(74)65-62-59-56-53-50-47-43-29-26-23-20-17-14-11-8-5-2/h20,22-23,25,29-31,33-34,43,68H,4-19,21,24,26-28,32,35-42,44-67H2,1-3H3/b23-20-,25-22-,31-30-,34-33-,43-29-. The molecule has 0 rings (SSSR count). The highest BCUT2D eigenvalue weighted by Crippen LogP contribution is 2.17. The Morgan fingerprint density at radius 2 is 0.468 bits per heavy atom. The van der Waals surface area contributed by atoms with Crippen LogP contribution in [-0.2, 0) is 28.6 Å². The van der Waals surface area contributed by atoms with E-state index < -0.39 is 6.10 Å². The number of carbonyl (C=O) groups is 3. The van der Waals surface area contributed by atoms with Crippen LogP contribution < -0.4 is 0 Å². The van der Waals surface area contributed by atoms with Crippen LogP contribution in [0.4, 0.5) is 0 Å². The molecule has 0 amide bonds. The van der Waals surface area contributed by atoms with Crippen molar-refractivity contribution in [1.82, 2.24) is 0 Å². The van der Waals surface area contributed by atoms with E-state index in [0.29, 0.717) is 19.3 Å². The molecule has 0 heterocycles. The van der Waals surface area contributed by atoms with Crippen molar-refractivity contribution in [3.05, 3.63) is 60.8 Å². The zero-order valence-electron chi connectivity index (χ0n) is 51.5. The topological polar surface area (TPSA) is 78.9 Å². The van der Waals surface area contributed by atoms with Crippen molar-refractivity contribution in [2.24, 2.45) is 0 Å². The van der Waals surface area contributed by atoms with Gasteiger partial charge in [0.25, 0.3) is 0 Å². The predicted octanol–water partition coefficient (Wildman–Crippen LogP) is 23.1. The van der Waals surface area contributed by atoms with Gasteiger partial charge in [0.2, 0.25) is 0 Å². The van der Waals surface area contributed by atoms with E-state index in [0.717, 1.165) is 96.3 Å². The summed E-state index contributed by atoms with van der Waals surface area (Å²) in [5.74, 6) is -0.870. The minimum absolute atomic E-state index is 0.0758. The first-order valence-corrected chi connectivity index (χ1v) is 33.8. The minimum Gasteiger partial charge on any atom is -0.462 e. The second kappa shape index (κ2) is 65.6. The lowest BCUT2D eigenvalue weighted by molar-refractivity contribution is -0.167. The summed E-state index contributed by atoms with van der Waals surface area (Å²) in [5.41, 5.74) is 0. The van der Waals surface area contributed by atoms with Gasteiger partial charge in [-0.2, -0.15) is 0 Å². The SMILES string of the molecule is CCCCCC/C=C\C/C=C\CCCCCCCC(=O)OC(COC(=O)CCCCCCCCCCCCCCCC)COC(=O)CCCCCCCCCCCCCCCC/C=C\C/C=C\C/C=C\CCCCCCC. The van der Waals surface area contributed by atoms with Crippen LogP contribution in [0.5, 0.6) is 0 Å². The Bertz CT molecular complexity index is 1380. The molecule has 448 valence electrons. The number of hydrogen-bond donors (Lipinski definition) is 0. The molecule has 0 aliphatic rings. The molecule has 0 N–H and O–H groups in total. The fourth-order valence-corrected chi connectivity index (χ4v) is 9.89. The zero-order chi connectivity index (χ0) is 55.7. The summed E-state index contributed by atoms with van der Waals surface area (Å²) in [6.07, 6.45) is 83.8. The van der Waals surface area contributed by atoms with Crippen LogP contribution in [-0.4, -0.2) is 37.2 Å². The number of esters is 3. The Balaban J connectivity index is 4.23. The molecule has 0 radical (unpaired) electrons. The Morgan fingerprint density at radius 3 is 0.740 bits per heavy atom. The Labute approximate surface area is 479 Å². The monoisotopic (exact) mass is 1080 g/mol. The van der Waals surface area contributed by atoms with Gasteiger partial charge in [-0.3, -0.25) is 14.4 Å². The Kier molecular flexibility index (Phi) is 63.2. The fraction of sp³-hybridized carbons (Fsp3) is 0.817. The van der Waals surface area contributed by atoms with Crippen LogP contribution in [0.1, 0.15) is 355 Å². The summed E-state index contributed by atoms with van der Waals surface area (Å²) < 4.78 is 16.9. The minimum atomic E-state index is -0.780. The molecule has 0 aromatic heterocycles. The van der Waals surface area contributed by atoms with Crippen LogP contribution >= 0.6 is 0 Å². The maximum atomic E-state index is 12.9. The van der Waals surface area contributed by atoms with Gasteiger partial charge in [-0.15, -0.1) is 0 Å². The Hall–Kier alpha value is -2.89. The molecule has 6 heteroatoms. The molecule has 0 bridgehead atoms. The third kappa shape index (κ3) is 63.8. The second-order valence-electron chi connectivity index (χ2n) is 22.7. The van der Waals surface area contributed by atoms with E-state index >= 15 is 0 Å². The molecule has 1 unspecified atom stereocenters. The normalized spacial score (nSPS) is 12.4. The molecule has 0 aromatic carbocycles. The quantitative estimate of drug-likeness (QED) is 0.0261. The van der Waals surface area contributed by atoms with Crippen LogP contribution in [0.25, 0.3) is 0 Å². The number of carbonyl (C=O) groups excluding carboxylic acids is 3. The van der Waals surface area contributed by atoms with E-state index in [4.69, 9.17) is 14.2 Å². The average molecular weight is 1080 g/mol. The molecule has 1 atom stereocenters. The Morgan fingerprint density at radius 1 is 0.260 bits per heavy atom. The predicted molar refractivity (Wildman–Crippen MR) is 335 cm³/mol. The fourth-order valence-electron chi connectivity index (χ4n) is 9.89. The zero-order valence-corrected chi connectivity index (χ0v) is 51.5. The molecule has 0 fully saturated rings. The lowest BCUT2D eigenvalue weighted by Gasteiger charge is -2.18. The number of allylic oxidation sites excluding steroid dienone is 10. The smallest absolute Gasteiger partial charge is 0.306 e. The van der Waals surface area contributed by atoms with Crippen molar-refractivity contribution in [1.29, 1.82) is 0 Å². The first-order valence-electron chi connectivity index (χ1n) is 33.8. The van der Waals surface area contributed by atoms with Crippen molar-refractivity contribution in [2.75, 3.05) is 13.2 Å². The maximum absolute atomic E-state index is 12.9. The van der Waals surface area contributed by atoms with E-state index in [1.165, 1.54) is 218 Å². The number of hydrogen-bond acceptors (Lipinski definition) is 6. The largest absolute Gasteiger partial charge is 0.462 e. The highest BCUT2D eigenvalue weighted by molar-refractivity contribution is 5.71. The number of ether oxygens (including phenoxy) is 3. The molecule has 0 spiro atoms. The molecule has 0 aliphatic heterocycles. The van der Waals surface area contributed by atoms with Crippen LogP contribution in [0.3, 0.4) is 0 Å². The third-order valence-electron chi connectivity index (χ3n) is 15.0. The lowest BCUT2D eigenvalue weighted by atomic mass is 10.0. The first kappa shape index (κ1) is 74.1. The third-order valence-corrected chi connectivity index (χ3v) is 15.0. The first-order chi connectivity index (χ1) is 38.0. The van der Waals surface area contributed by atoms with Gasteiger partial charge in [0.1, 0.15) is 13.2 Å². The summed E-state index contributed by atoms with van der Waals surface area (Å²) in [6.45, 7) is 6.65. The van der Waals surface area contributed by atoms with Gasteiger partial charge in [0, 0.05) is 19.3 Å². The van der Waals surface area contributed by atoms with Gasteiger partial charge in [-0.25, -0.2) is 0 Å². The van der Waals surface area contributed by atoms with Crippen molar-refractivity contribution < 1.29 is 28.6 Å². The summed E-state index contributed by atoms with van der Waals surface area (Å²) in [6, 6.07) is 0. The summed E-state index contributed by atoms with van der Waals surface area (Å²) >= 11 is 0. The molecule has 0 saturated heterocycles. The van der Waals surface area contributed by atoms with Crippen molar-refractivity contribution in [3.63, 3.8) is 0 Å². The van der Waals surface area contributed by atoms with Gasteiger partial charge in [0.15, 0.2) is 6.10 Å². The van der Waals surface area contributed by atoms with Crippen molar-refractivity contribution in [3.8, 4) is 0 Å². The van der Waals surface area contributed by atoms with Crippen LogP contribution in [0.15, 0.2) is 60.8 Å². The average Bonchev–Trinajstić information content (AvgIpc) is 3.43. The molecule has 0 aromatic rings. The van der Waals surface area contributed by atoms with Gasteiger partial charge in [-0.1, -0.05) is 306 Å². The number of rotatable bonds is 62. The lowest BCUT2D eigenvalue weighted by Crippen LogP contribution is -2.30. The molecular formula is C71H128O6. The van der Waals surface area contributed by atoms with E-state index in [-0.39, 0.29) is 31.1 Å². The van der Waals surface area contributed by atoms with Crippen LogP contribution in [0, 0.1) is 0 Å². The second-order valence-corrected chi connectivity index (χ2v) is 22.7. The van der Waals surface area contributed by atoms with E-state index in [1.54, 1.807) is 0 Å². The van der Waals surface area contributed by atoms with Gasteiger partial charge in [-0.05, 0) is 89.9 Å². The molecule has 77 heavy (non-hydrogen) atoms. The van der Waals surface area contributed by atoms with Crippen molar-refractivity contribution >= 4 is 17.9 Å². The van der Waals surface area contributed by atoms with Gasteiger partial charge in [0.05, 0.1) is 0 Å². The van der Waals surface area contributed by atoms with Crippen LogP contribution in [0.2, 0.25) is 0 Å². The van der Waals surface area contributed by atoms with E-state index in [1.807, 2.05) is 0 Å². The van der Waals surface area contributed by atoms with E-state index in [2.05, 4.69) is 81.5 Å².